The minimum Gasteiger partial charge on any atom is -0.352 e. The van der Waals surface area contributed by atoms with Gasteiger partial charge in [0.15, 0.2) is 5.16 Å². The molecule has 35 heavy (non-hydrogen) atoms. The van der Waals surface area contributed by atoms with Crippen molar-refractivity contribution in [3.63, 3.8) is 0 Å². The molecule has 3 unspecified atom stereocenters. The molecule has 1 N–H and O–H groups in total. The minimum atomic E-state index is -0.000936. The van der Waals surface area contributed by atoms with E-state index in [4.69, 9.17) is 4.98 Å². The van der Waals surface area contributed by atoms with Crippen molar-refractivity contribution in [2.75, 3.05) is 5.75 Å². The number of carbonyl (C=O) groups is 1. The van der Waals surface area contributed by atoms with Gasteiger partial charge in [0.25, 0.3) is 5.56 Å². The summed E-state index contributed by atoms with van der Waals surface area (Å²) in [5, 5.41) is 4.65. The van der Waals surface area contributed by atoms with Gasteiger partial charge >= 0.3 is 0 Å². The van der Waals surface area contributed by atoms with Crippen LogP contribution in [-0.4, -0.2) is 27.3 Å². The zero-order valence-electron chi connectivity index (χ0n) is 21.1. The number of rotatable bonds is 5. The van der Waals surface area contributed by atoms with E-state index >= 15 is 0 Å². The molecule has 0 saturated heterocycles. The van der Waals surface area contributed by atoms with Gasteiger partial charge in [-0.15, -0.1) is 11.3 Å². The number of fused-ring (bicyclic) bond motifs is 3. The average molecular weight is 510 g/mol. The molecule has 5 nitrogen and oxygen atoms in total. The van der Waals surface area contributed by atoms with Crippen LogP contribution in [0.2, 0.25) is 0 Å². The van der Waals surface area contributed by atoms with Gasteiger partial charge in [0.05, 0.1) is 16.8 Å². The van der Waals surface area contributed by atoms with Gasteiger partial charge in [-0.2, -0.15) is 0 Å². The number of nitrogens with one attached hydrogen (secondary N) is 1. The Morgan fingerprint density at radius 1 is 1.17 bits per heavy atom. The summed E-state index contributed by atoms with van der Waals surface area (Å²) in [6, 6.07) is 6.37. The fourth-order valence-electron chi connectivity index (χ4n) is 5.72. The zero-order chi connectivity index (χ0) is 24.7. The van der Waals surface area contributed by atoms with Crippen LogP contribution in [0.15, 0.2) is 28.2 Å². The molecule has 2 aromatic heterocycles. The highest BCUT2D eigenvalue weighted by Gasteiger charge is 2.29. The lowest BCUT2D eigenvalue weighted by Gasteiger charge is -2.34. The summed E-state index contributed by atoms with van der Waals surface area (Å²) < 4.78 is 1.75. The molecule has 186 valence electrons. The molecule has 2 aliphatic rings. The molecule has 3 aromatic rings. The number of thioether (sulfide) groups is 1. The van der Waals surface area contributed by atoms with Crippen molar-refractivity contribution < 1.29 is 4.79 Å². The van der Waals surface area contributed by atoms with Crippen LogP contribution in [0.3, 0.4) is 0 Å². The Labute approximate surface area is 215 Å². The number of nitrogens with zero attached hydrogens (tertiary/aromatic N) is 2. The molecule has 0 radical (unpaired) electrons. The summed E-state index contributed by atoms with van der Waals surface area (Å²) in [6.45, 7) is 8.62. The molecule has 3 atom stereocenters. The molecule has 1 aromatic carbocycles. The van der Waals surface area contributed by atoms with Gasteiger partial charge in [-0.1, -0.05) is 56.1 Å². The van der Waals surface area contributed by atoms with Crippen molar-refractivity contribution in [2.24, 2.45) is 11.8 Å². The quantitative estimate of drug-likeness (QED) is 0.340. The lowest BCUT2D eigenvalue weighted by molar-refractivity contribution is -0.120. The molecule has 0 spiro atoms. The highest BCUT2D eigenvalue weighted by Crippen LogP contribution is 2.36. The molecular weight excluding hydrogens is 474 g/mol. The fraction of sp³-hybridized carbons (Fsp3) is 0.536. The Morgan fingerprint density at radius 2 is 1.97 bits per heavy atom. The third-order valence-electron chi connectivity index (χ3n) is 7.94. The Balaban J connectivity index is 1.50. The van der Waals surface area contributed by atoms with E-state index in [1.165, 1.54) is 35.0 Å². The maximum atomic E-state index is 14.0. The van der Waals surface area contributed by atoms with Crippen molar-refractivity contribution in [3.05, 3.63) is 50.1 Å². The minimum absolute atomic E-state index is 0.000936. The zero-order valence-corrected chi connectivity index (χ0v) is 22.8. The first-order valence-electron chi connectivity index (χ1n) is 12.9. The molecule has 1 saturated carbocycles. The normalized spacial score (nSPS) is 22.2. The number of benzene rings is 1. The Kier molecular flexibility index (Phi) is 7.09. The maximum absolute atomic E-state index is 14.0. The van der Waals surface area contributed by atoms with Crippen LogP contribution < -0.4 is 10.9 Å². The van der Waals surface area contributed by atoms with Crippen LogP contribution >= 0.6 is 23.1 Å². The van der Waals surface area contributed by atoms with Gasteiger partial charge in [-0.25, -0.2) is 4.98 Å². The number of amides is 1. The van der Waals surface area contributed by atoms with Gasteiger partial charge in [0.2, 0.25) is 5.91 Å². The highest BCUT2D eigenvalue weighted by atomic mass is 32.2. The standard InChI is InChI=1S/C28H35N3O2S2/c1-16-12-13-22(18(3)14-16)31-27(33)25-20-9-5-6-11-23(20)35-26(25)30-28(31)34-15-24(32)29-21-10-7-8-17(2)19(21)4/h12-14,17,19,21H,5-11,15H2,1-4H3,(H,29,32). The van der Waals surface area contributed by atoms with E-state index in [1.54, 1.807) is 15.9 Å². The van der Waals surface area contributed by atoms with E-state index in [0.717, 1.165) is 59.1 Å². The molecule has 2 aliphatic carbocycles. The van der Waals surface area contributed by atoms with Crippen LogP contribution in [0.4, 0.5) is 0 Å². The second-order valence-electron chi connectivity index (χ2n) is 10.4. The summed E-state index contributed by atoms with van der Waals surface area (Å²) in [5.41, 5.74) is 4.24. The van der Waals surface area contributed by atoms with Crippen molar-refractivity contribution in [1.82, 2.24) is 14.9 Å². The van der Waals surface area contributed by atoms with E-state index in [2.05, 4.69) is 32.2 Å². The number of hydrogen-bond donors (Lipinski definition) is 1. The maximum Gasteiger partial charge on any atom is 0.267 e. The summed E-state index contributed by atoms with van der Waals surface area (Å²) in [7, 11) is 0. The topological polar surface area (TPSA) is 64.0 Å². The van der Waals surface area contributed by atoms with Crippen LogP contribution in [0, 0.1) is 25.7 Å². The summed E-state index contributed by atoms with van der Waals surface area (Å²) in [6.07, 6.45) is 7.71. The van der Waals surface area contributed by atoms with Gasteiger partial charge < -0.3 is 5.32 Å². The first-order chi connectivity index (χ1) is 16.8. The lowest BCUT2D eigenvalue weighted by Crippen LogP contribution is -2.44. The van der Waals surface area contributed by atoms with Gasteiger partial charge in [-0.05, 0) is 75.0 Å². The van der Waals surface area contributed by atoms with Crippen molar-refractivity contribution in [2.45, 2.75) is 83.8 Å². The Bertz CT molecular complexity index is 1330. The summed E-state index contributed by atoms with van der Waals surface area (Å²) in [5.74, 6) is 1.39. The Hall–Kier alpha value is -2.12. The average Bonchev–Trinajstić information content (AvgIpc) is 3.20. The SMILES string of the molecule is Cc1ccc(-n2c(SCC(=O)NC3CCCC(C)C3C)nc3sc4c(c3c2=O)CCCC4)c(C)c1. The Morgan fingerprint density at radius 3 is 2.77 bits per heavy atom. The first kappa shape index (κ1) is 24.6. The molecule has 0 aliphatic heterocycles. The molecular formula is C28H35N3O2S2. The van der Waals surface area contributed by atoms with Gasteiger partial charge in [0, 0.05) is 10.9 Å². The number of thiophene rings is 1. The van der Waals surface area contributed by atoms with Gasteiger partial charge in [0.1, 0.15) is 4.83 Å². The molecule has 2 heterocycles. The van der Waals surface area contributed by atoms with E-state index in [9.17, 15) is 9.59 Å². The summed E-state index contributed by atoms with van der Waals surface area (Å²) >= 11 is 3.04. The van der Waals surface area contributed by atoms with Crippen LogP contribution in [0.5, 0.6) is 0 Å². The van der Waals surface area contributed by atoms with Crippen LogP contribution in [0.25, 0.3) is 15.9 Å². The third kappa shape index (κ3) is 4.82. The number of aromatic nitrogens is 2. The first-order valence-corrected chi connectivity index (χ1v) is 14.7. The van der Waals surface area contributed by atoms with Crippen molar-refractivity contribution in [3.8, 4) is 5.69 Å². The predicted molar refractivity (Wildman–Crippen MR) is 146 cm³/mol. The fourth-order valence-corrected chi connectivity index (χ4v) is 7.84. The smallest absolute Gasteiger partial charge is 0.267 e. The largest absolute Gasteiger partial charge is 0.352 e. The predicted octanol–water partition coefficient (Wildman–Crippen LogP) is 5.98. The molecule has 5 rings (SSSR count). The third-order valence-corrected chi connectivity index (χ3v) is 10.1. The molecule has 1 amide bonds. The summed E-state index contributed by atoms with van der Waals surface area (Å²) in [4.78, 5) is 34.1. The van der Waals surface area contributed by atoms with Gasteiger partial charge in [-0.3, -0.25) is 14.2 Å². The lowest BCUT2D eigenvalue weighted by atomic mass is 9.78. The number of carbonyl (C=O) groups excluding carboxylic acids is 1. The van der Waals surface area contributed by atoms with Crippen LogP contribution in [0.1, 0.15) is 67.5 Å². The second-order valence-corrected chi connectivity index (χ2v) is 12.5. The van der Waals surface area contributed by atoms with Crippen molar-refractivity contribution >= 4 is 39.2 Å². The molecule has 7 heteroatoms. The number of hydrogen-bond acceptors (Lipinski definition) is 5. The second kappa shape index (κ2) is 10.1. The van der Waals surface area contributed by atoms with E-state index in [-0.39, 0.29) is 23.3 Å². The molecule has 1 fully saturated rings. The number of aryl methyl sites for hydroxylation is 4. The van der Waals surface area contributed by atoms with E-state index < -0.39 is 0 Å². The van der Waals surface area contributed by atoms with E-state index in [1.807, 2.05) is 19.1 Å². The van der Waals surface area contributed by atoms with Crippen LogP contribution in [-0.2, 0) is 17.6 Å². The monoisotopic (exact) mass is 509 g/mol. The van der Waals surface area contributed by atoms with Crippen molar-refractivity contribution in [1.29, 1.82) is 0 Å². The molecule has 0 bridgehead atoms. The van der Waals surface area contributed by atoms with E-state index in [0.29, 0.717) is 17.0 Å². The highest BCUT2D eigenvalue weighted by molar-refractivity contribution is 7.99.